The van der Waals surface area contributed by atoms with Gasteiger partial charge in [-0.2, -0.15) is 0 Å². The Labute approximate surface area is 141 Å². The van der Waals surface area contributed by atoms with Crippen molar-refractivity contribution in [2.75, 3.05) is 14.2 Å². The Balaban J connectivity index is 1.91. The third-order valence-corrected chi connectivity index (χ3v) is 4.30. The van der Waals surface area contributed by atoms with Crippen LogP contribution in [0.2, 0.25) is 0 Å². The summed E-state index contributed by atoms with van der Waals surface area (Å²) in [4.78, 5) is 25.1. The summed E-state index contributed by atoms with van der Waals surface area (Å²) in [5.41, 5.74) is 0.401. The SMILES string of the molecule is COc1ccc(C(=O)Cn2c(-c3cccs3)noc2=O)cc1OC. The Hall–Kier alpha value is -2.87. The monoisotopic (exact) mass is 346 g/mol. The lowest BCUT2D eigenvalue weighted by atomic mass is 10.1. The van der Waals surface area contributed by atoms with Gasteiger partial charge in [0.2, 0.25) is 0 Å². The van der Waals surface area contributed by atoms with Crippen LogP contribution in [0.1, 0.15) is 10.4 Å². The number of ketones is 1. The van der Waals surface area contributed by atoms with Crippen molar-refractivity contribution < 1.29 is 18.8 Å². The summed E-state index contributed by atoms with van der Waals surface area (Å²) in [6, 6.07) is 8.47. The lowest BCUT2D eigenvalue weighted by molar-refractivity contribution is 0.0969. The molecule has 1 aromatic carbocycles. The van der Waals surface area contributed by atoms with Crippen LogP contribution in [0.25, 0.3) is 10.7 Å². The molecule has 2 aromatic heterocycles. The number of hydrogen-bond donors (Lipinski definition) is 0. The van der Waals surface area contributed by atoms with Crippen LogP contribution in [-0.2, 0) is 6.54 Å². The number of methoxy groups -OCH3 is 2. The van der Waals surface area contributed by atoms with Crippen LogP contribution in [0, 0.1) is 0 Å². The zero-order valence-electron chi connectivity index (χ0n) is 13.0. The van der Waals surface area contributed by atoms with E-state index in [1.165, 1.54) is 30.1 Å². The average molecular weight is 346 g/mol. The number of nitrogens with zero attached hydrogens (tertiary/aromatic N) is 2. The maximum Gasteiger partial charge on any atom is 0.442 e. The first-order valence-corrected chi connectivity index (χ1v) is 7.87. The first-order chi connectivity index (χ1) is 11.6. The van der Waals surface area contributed by atoms with Crippen LogP contribution in [0.3, 0.4) is 0 Å². The van der Waals surface area contributed by atoms with Crippen molar-refractivity contribution >= 4 is 17.1 Å². The fraction of sp³-hybridized carbons (Fsp3) is 0.188. The second-order valence-electron chi connectivity index (χ2n) is 4.83. The summed E-state index contributed by atoms with van der Waals surface area (Å²) < 4.78 is 16.3. The smallest absolute Gasteiger partial charge is 0.442 e. The van der Waals surface area contributed by atoms with Gasteiger partial charge in [0.05, 0.1) is 25.6 Å². The van der Waals surface area contributed by atoms with E-state index in [2.05, 4.69) is 5.16 Å². The summed E-state index contributed by atoms with van der Waals surface area (Å²) >= 11 is 1.41. The molecule has 2 heterocycles. The molecular weight excluding hydrogens is 332 g/mol. The van der Waals surface area contributed by atoms with E-state index < -0.39 is 5.76 Å². The second-order valence-corrected chi connectivity index (χ2v) is 5.78. The molecule has 0 saturated heterocycles. The predicted molar refractivity (Wildman–Crippen MR) is 88.0 cm³/mol. The highest BCUT2D eigenvalue weighted by Crippen LogP contribution is 2.28. The Kier molecular flexibility index (Phi) is 4.48. The van der Waals surface area contributed by atoms with Gasteiger partial charge in [0.15, 0.2) is 23.1 Å². The zero-order chi connectivity index (χ0) is 17.1. The molecule has 0 aliphatic rings. The molecule has 24 heavy (non-hydrogen) atoms. The van der Waals surface area contributed by atoms with Crippen LogP contribution in [0.15, 0.2) is 45.0 Å². The van der Waals surface area contributed by atoms with Crippen molar-refractivity contribution in [2.45, 2.75) is 6.54 Å². The van der Waals surface area contributed by atoms with Gasteiger partial charge in [0.1, 0.15) is 0 Å². The molecule has 0 N–H and O–H groups in total. The molecular formula is C16H14N2O5S. The van der Waals surface area contributed by atoms with E-state index in [0.717, 1.165) is 4.88 Å². The van der Waals surface area contributed by atoms with E-state index in [1.54, 1.807) is 24.3 Å². The van der Waals surface area contributed by atoms with Gasteiger partial charge in [-0.25, -0.2) is 9.36 Å². The molecule has 0 aliphatic heterocycles. The highest BCUT2D eigenvalue weighted by atomic mass is 32.1. The number of carbonyl (C=O) groups is 1. The molecule has 0 atom stereocenters. The van der Waals surface area contributed by atoms with E-state index >= 15 is 0 Å². The Bertz CT molecular complexity index is 911. The topological polar surface area (TPSA) is 83.6 Å². The number of benzene rings is 1. The minimum atomic E-state index is -0.674. The number of carbonyl (C=O) groups excluding carboxylic acids is 1. The van der Waals surface area contributed by atoms with Gasteiger partial charge >= 0.3 is 5.76 Å². The van der Waals surface area contributed by atoms with Crippen molar-refractivity contribution in [3.05, 3.63) is 51.8 Å². The van der Waals surface area contributed by atoms with Crippen molar-refractivity contribution in [1.29, 1.82) is 0 Å². The minimum Gasteiger partial charge on any atom is -0.493 e. The summed E-state index contributed by atoms with van der Waals surface area (Å²) in [5, 5.41) is 5.61. The molecule has 0 aliphatic carbocycles. The van der Waals surface area contributed by atoms with E-state index in [-0.39, 0.29) is 12.3 Å². The fourth-order valence-corrected chi connectivity index (χ4v) is 2.95. The van der Waals surface area contributed by atoms with E-state index in [0.29, 0.717) is 22.9 Å². The number of ether oxygens (including phenoxy) is 2. The molecule has 0 fully saturated rings. The minimum absolute atomic E-state index is 0.176. The van der Waals surface area contributed by atoms with Crippen LogP contribution >= 0.6 is 11.3 Å². The largest absolute Gasteiger partial charge is 0.493 e. The molecule has 0 saturated carbocycles. The number of aromatic nitrogens is 2. The van der Waals surface area contributed by atoms with Crippen LogP contribution in [0.4, 0.5) is 0 Å². The lowest BCUT2D eigenvalue weighted by Crippen LogP contribution is -2.21. The van der Waals surface area contributed by atoms with Gasteiger partial charge in [-0.15, -0.1) is 11.3 Å². The highest BCUT2D eigenvalue weighted by Gasteiger charge is 2.18. The zero-order valence-corrected chi connectivity index (χ0v) is 13.8. The van der Waals surface area contributed by atoms with Gasteiger partial charge in [-0.3, -0.25) is 9.32 Å². The number of rotatable bonds is 6. The summed E-state index contributed by atoms with van der Waals surface area (Å²) in [6.07, 6.45) is 0. The number of hydrogen-bond acceptors (Lipinski definition) is 7. The Morgan fingerprint density at radius 2 is 2.04 bits per heavy atom. The van der Waals surface area contributed by atoms with Crippen molar-refractivity contribution in [3.63, 3.8) is 0 Å². The molecule has 0 spiro atoms. The van der Waals surface area contributed by atoms with Crippen molar-refractivity contribution in [1.82, 2.24) is 9.72 Å². The standard InChI is InChI=1S/C16H14N2O5S/c1-21-12-6-5-10(8-13(12)22-2)11(19)9-18-15(17-23-16(18)20)14-4-3-7-24-14/h3-8H,9H2,1-2H3. The summed E-state index contributed by atoms with van der Waals surface area (Å²) in [7, 11) is 3.01. The second kappa shape index (κ2) is 6.71. The molecule has 0 bridgehead atoms. The van der Waals surface area contributed by atoms with Gasteiger partial charge in [-0.05, 0) is 29.6 Å². The van der Waals surface area contributed by atoms with Gasteiger partial charge in [-0.1, -0.05) is 11.2 Å². The Morgan fingerprint density at radius 1 is 1.25 bits per heavy atom. The van der Waals surface area contributed by atoms with E-state index in [9.17, 15) is 9.59 Å². The Morgan fingerprint density at radius 3 is 2.71 bits per heavy atom. The third kappa shape index (κ3) is 2.95. The van der Waals surface area contributed by atoms with Crippen LogP contribution < -0.4 is 15.2 Å². The third-order valence-electron chi connectivity index (χ3n) is 3.44. The lowest BCUT2D eigenvalue weighted by Gasteiger charge is -2.09. The van der Waals surface area contributed by atoms with Gasteiger partial charge in [0.25, 0.3) is 0 Å². The van der Waals surface area contributed by atoms with Crippen molar-refractivity contribution in [3.8, 4) is 22.2 Å². The fourth-order valence-electron chi connectivity index (χ4n) is 2.24. The highest BCUT2D eigenvalue weighted by molar-refractivity contribution is 7.13. The summed E-state index contributed by atoms with van der Waals surface area (Å²) in [6.45, 7) is -0.176. The van der Waals surface area contributed by atoms with E-state index in [1.807, 2.05) is 11.4 Å². The molecule has 7 nitrogen and oxygen atoms in total. The molecule has 0 amide bonds. The molecule has 3 rings (SSSR count). The maximum absolute atomic E-state index is 12.5. The van der Waals surface area contributed by atoms with Gasteiger partial charge < -0.3 is 9.47 Å². The average Bonchev–Trinajstić information content (AvgIpc) is 3.24. The van der Waals surface area contributed by atoms with E-state index in [4.69, 9.17) is 14.0 Å². The molecule has 0 unspecified atom stereocenters. The summed E-state index contributed by atoms with van der Waals surface area (Å²) in [5.74, 6) is 0.366. The molecule has 3 aromatic rings. The normalized spacial score (nSPS) is 10.6. The van der Waals surface area contributed by atoms with Crippen LogP contribution in [0.5, 0.6) is 11.5 Å². The van der Waals surface area contributed by atoms with Gasteiger partial charge in [0, 0.05) is 5.56 Å². The molecule has 8 heteroatoms. The van der Waals surface area contributed by atoms with Crippen LogP contribution in [-0.4, -0.2) is 29.7 Å². The van der Waals surface area contributed by atoms with Crippen molar-refractivity contribution in [2.24, 2.45) is 0 Å². The molecule has 124 valence electrons. The quantitative estimate of drug-likeness (QED) is 0.638. The predicted octanol–water partition coefficient (Wildman–Crippen LogP) is 2.46. The first kappa shape index (κ1) is 16.0. The number of Topliss-reactive ketones (excluding diaryl/α,β-unsaturated/α-hetero) is 1. The molecule has 0 radical (unpaired) electrons. The first-order valence-electron chi connectivity index (χ1n) is 6.99. The number of thiophene rings is 1. The maximum atomic E-state index is 12.5.